The lowest BCUT2D eigenvalue weighted by Gasteiger charge is -2.00. The van der Waals surface area contributed by atoms with Crippen LogP contribution in [-0.2, 0) is 6.42 Å². The molecular formula is C20H17ClN2OS. The summed E-state index contributed by atoms with van der Waals surface area (Å²) in [6, 6.07) is 17.5. The Balaban J connectivity index is 1.94. The van der Waals surface area contributed by atoms with E-state index >= 15 is 0 Å². The molecule has 0 aliphatic rings. The van der Waals surface area contributed by atoms with Crippen LogP contribution in [0.15, 0.2) is 59.6 Å². The number of thiophene rings is 1. The van der Waals surface area contributed by atoms with Crippen molar-refractivity contribution in [2.75, 3.05) is 0 Å². The third kappa shape index (κ3) is 4.16. The van der Waals surface area contributed by atoms with Gasteiger partial charge in [0.05, 0.1) is 5.56 Å². The van der Waals surface area contributed by atoms with Crippen LogP contribution in [0.3, 0.4) is 0 Å². The Morgan fingerprint density at radius 3 is 2.48 bits per heavy atom. The Hall–Kier alpha value is -2.43. The van der Waals surface area contributed by atoms with Crippen molar-refractivity contribution < 1.29 is 4.79 Å². The number of primary amides is 1. The van der Waals surface area contributed by atoms with Crippen LogP contribution in [0.2, 0.25) is 5.02 Å². The van der Waals surface area contributed by atoms with E-state index in [1.165, 1.54) is 16.9 Å². The lowest BCUT2D eigenvalue weighted by atomic mass is 10.1. The van der Waals surface area contributed by atoms with Gasteiger partial charge in [0.15, 0.2) is 0 Å². The highest BCUT2D eigenvalue weighted by molar-refractivity contribution is 7.16. The molecule has 3 aromatic rings. The molecule has 0 saturated heterocycles. The molecule has 1 amide bonds. The van der Waals surface area contributed by atoms with E-state index in [4.69, 9.17) is 17.3 Å². The van der Waals surface area contributed by atoms with Crippen LogP contribution in [0.5, 0.6) is 0 Å². The molecule has 2 aromatic carbocycles. The first-order chi connectivity index (χ1) is 12.0. The molecule has 0 radical (unpaired) electrons. The van der Waals surface area contributed by atoms with Crippen LogP contribution < -0.4 is 5.73 Å². The highest BCUT2D eigenvalue weighted by atomic mass is 35.5. The summed E-state index contributed by atoms with van der Waals surface area (Å²) in [7, 11) is 0. The first-order valence-corrected chi connectivity index (χ1v) is 8.99. The summed E-state index contributed by atoms with van der Waals surface area (Å²) in [5, 5.41) is 1.32. The van der Waals surface area contributed by atoms with E-state index in [2.05, 4.69) is 17.1 Å². The zero-order valence-corrected chi connectivity index (χ0v) is 15.3. The van der Waals surface area contributed by atoms with Gasteiger partial charge in [0, 0.05) is 22.5 Å². The van der Waals surface area contributed by atoms with Gasteiger partial charge in [0.1, 0.15) is 5.00 Å². The maximum Gasteiger partial charge on any atom is 0.252 e. The second kappa shape index (κ2) is 7.64. The van der Waals surface area contributed by atoms with Gasteiger partial charge in [0.25, 0.3) is 5.91 Å². The summed E-state index contributed by atoms with van der Waals surface area (Å²) in [6.45, 7) is 1.93. The van der Waals surface area contributed by atoms with Gasteiger partial charge in [-0.25, -0.2) is 4.99 Å². The molecule has 2 N–H and O–H groups in total. The molecule has 0 atom stereocenters. The summed E-state index contributed by atoms with van der Waals surface area (Å²) in [4.78, 5) is 17.5. The number of benzene rings is 2. The van der Waals surface area contributed by atoms with Crippen LogP contribution in [0.25, 0.3) is 0 Å². The SMILES string of the molecule is Cc1c(Cc2ccccc2)sc(N=Cc2ccc(Cl)cc2)c1C(N)=O. The Kier molecular flexibility index (Phi) is 5.31. The van der Waals surface area contributed by atoms with E-state index in [0.29, 0.717) is 15.6 Å². The highest BCUT2D eigenvalue weighted by Crippen LogP contribution is 2.36. The maximum absolute atomic E-state index is 11.9. The number of amides is 1. The van der Waals surface area contributed by atoms with Crippen LogP contribution in [0.4, 0.5) is 5.00 Å². The van der Waals surface area contributed by atoms with Gasteiger partial charge < -0.3 is 5.73 Å². The lowest BCUT2D eigenvalue weighted by Crippen LogP contribution is -2.11. The van der Waals surface area contributed by atoms with Gasteiger partial charge in [-0.2, -0.15) is 0 Å². The first kappa shape index (κ1) is 17.4. The molecule has 0 aliphatic carbocycles. The molecule has 3 nitrogen and oxygen atoms in total. The van der Waals surface area contributed by atoms with Crippen LogP contribution >= 0.6 is 22.9 Å². The van der Waals surface area contributed by atoms with Gasteiger partial charge in [0.2, 0.25) is 0 Å². The Morgan fingerprint density at radius 2 is 1.84 bits per heavy atom. The summed E-state index contributed by atoms with van der Waals surface area (Å²) < 4.78 is 0. The Morgan fingerprint density at radius 1 is 1.16 bits per heavy atom. The second-order valence-electron chi connectivity index (χ2n) is 5.67. The molecular weight excluding hydrogens is 352 g/mol. The van der Waals surface area contributed by atoms with E-state index in [0.717, 1.165) is 22.4 Å². The molecule has 0 unspecified atom stereocenters. The molecule has 0 aliphatic heterocycles. The average Bonchev–Trinajstić information content (AvgIpc) is 2.91. The largest absolute Gasteiger partial charge is 0.365 e. The smallest absolute Gasteiger partial charge is 0.252 e. The van der Waals surface area contributed by atoms with Crippen molar-refractivity contribution in [3.8, 4) is 0 Å². The standard InChI is InChI=1S/C20H17ClN2OS/c1-13-17(11-14-5-3-2-4-6-14)25-20(18(13)19(22)24)23-12-15-7-9-16(21)10-8-15/h2-10,12H,11H2,1H3,(H2,22,24). The Bertz CT molecular complexity index is 915. The van der Waals surface area contributed by atoms with Crippen LogP contribution in [-0.4, -0.2) is 12.1 Å². The van der Waals surface area contributed by atoms with Gasteiger partial charge in [-0.3, -0.25) is 4.79 Å². The maximum atomic E-state index is 11.9. The van der Waals surface area contributed by atoms with Crippen LogP contribution in [0, 0.1) is 6.92 Å². The summed E-state index contributed by atoms with van der Waals surface area (Å²) in [5.41, 5.74) is 9.10. The van der Waals surface area contributed by atoms with E-state index in [1.807, 2.05) is 37.3 Å². The normalized spacial score (nSPS) is 11.1. The molecule has 0 bridgehead atoms. The monoisotopic (exact) mass is 368 g/mol. The van der Waals surface area contributed by atoms with E-state index in [1.54, 1.807) is 18.3 Å². The van der Waals surface area contributed by atoms with Gasteiger partial charge in [-0.1, -0.05) is 54.1 Å². The van der Waals surface area contributed by atoms with Crippen molar-refractivity contribution in [1.29, 1.82) is 0 Å². The molecule has 126 valence electrons. The third-order valence-corrected chi connectivity index (χ3v) is 5.33. The van der Waals surface area contributed by atoms with Crippen molar-refractivity contribution in [3.63, 3.8) is 0 Å². The van der Waals surface area contributed by atoms with Gasteiger partial charge in [-0.05, 0) is 35.7 Å². The van der Waals surface area contributed by atoms with Gasteiger partial charge in [-0.15, -0.1) is 11.3 Å². The molecule has 25 heavy (non-hydrogen) atoms. The minimum absolute atomic E-state index is 0.448. The molecule has 3 rings (SSSR count). The van der Waals surface area contributed by atoms with Crippen LogP contribution in [0.1, 0.15) is 31.9 Å². The van der Waals surface area contributed by atoms with Crippen molar-refractivity contribution in [1.82, 2.24) is 0 Å². The van der Waals surface area contributed by atoms with Gasteiger partial charge >= 0.3 is 0 Å². The zero-order chi connectivity index (χ0) is 17.8. The number of hydrogen-bond donors (Lipinski definition) is 1. The fourth-order valence-corrected chi connectivity index (χ4v) is 3.87. The summed E-state index contributed by atoms with van der Waals surface area (Å²) >= 11 is 7.40. The van der Waals surface area contributed by atoms with E-state index in [-0.39, 0.29) is 0 Å². The number of carbonyl (C=O) groups is 1. The zero-order valence-electron chi connectivity index (χ0n) is 13.7. The number of hydrogen-bond acceptors (Lipinski definition) is 3. The number of nitrogens with two attached hydrogens (primary N) is 1. The number of nitrogens with zero attached hydrogens (tertiary/aromatic N) is 1. The number of carbonyl (C=O) groups excluding carboxylic acids is 1. The predicted molar refractivity (Wildman–Crippen MR) is 106 cm³/mol. The first-order valence-electron chi connectivity index (χ1n) is 7.80. The summed E-state index contributed by atoms with van der Waals surface area (Å²) in [6.07, 6.45) is 2.48. The average molecular weight is 369 g/mol. The number of aliphatic imine (C=N–C) groups is 1. The third-order valence-electron chi connectivity index (χ3n) is 3.88. The van der Waals surface area contributed by atoms with E-state index < -0.39 is 5.91 Å². The van der Waals surface area contributed by atoms with Crippen molar-refractivity contribution in [2.24, 2.45) is 10.7 Å². The fraction of sp³-hybridized carbons (Fsp3) is 0.100. The summed E-state index contributed by atoms with van der Waals surface area (Å²) in [5.74, 6) is -0.448. The highest BCUT2D eigenvalue weighted by Gasteiger charge is 2.18. The molecule has 1 heterocycles. The number of halogens is 1. The number of rotatable bonds is 5. The van der Waals surface area contributed by atoms with Crippen molar-refractivity contribution >= 4 is 40.1 Å². The second-order valence-corrected chi connectivity index (χ2v) is 7.19. The molecule has 5 heteroatoms. The predicted octanol–water partition coefficient (Wildman–Crippen LogP) is 5.15. The topological polar surface area (TPSA) is 55.4 Å². The molecule has 0 spiro atoms. The molecule has 0 fully saturated rings. The quantitative estimate of drug-likeness (QED) is 0.622. The molecule has 1 aromatic heterocycles. The minimum atomic E-state index is -0.448. The molecule has 0 saturated carbocycles. The Labute approximate surface area is 155 Å². The fourth-order valence-electron chi connectivity index (χ4n) is 2.56. The van der Waals surface area contributed by atoms with Crippen molar-refractivity contribution in [3.05, 3.63) is 86.8 Å². The van der Waals surface area contributed by atoms with E-state index in [9.17, 15) is 4.79 Å². The minimum Gasteiger partial charge on any atom is -0.365 e. The van der Waals surface area contributed by atoms with Crippen molar-refractivity contribution in [2.45, 2.75) is 13.3 Å². The lowest BCUT2D eigenvalue weighted by molar-refractivity contribution is 0.100.